The van der Waals surface area contributed by atoms with Crippen molar-refractivity contribution in [3.63, 3.8) is 0 Å². The lowest BCUT2D eigenvalue weighted by Crippen LogP contribution is -2.47. The van der Waals surface area contributed by atoms with Crippen LogP contribution in [0.5, 0.6) is 0 Å². The van der Waals surface area contributed by atoms with Gasteiger partial charge in [-0.2, -0.15) is 31.4 Å². The van der Waals surface area contributed by atoms with E-state index in [-0.39, 0.29) is 36.7 Å². The Morgan fingerprint density at radius 3 is 2.77 bits per heavy atom. The zero-order valence-electron chi connectivity index (χ0n) is 18.3. The summed E-state index contributed by atoms with van der Waals surface area (Å²) in [5.41, 5.74) is 1.24. The maximum Gasteiger partial charge on any atom is 0.427 e. The number of ether oxygens (including phenoxy) is 1. The molecule has 1 saturated heterocycles. The van der Waals surface area contributed by atoms with Crippen LogP contribution >= 0.6 is 11.3 Å². The number of hydrazone groups is 1. The fourth-order valence-corrected chi connectivity index (χ4v) is 4.23. The number of halogens is 6. The SMILES string of the molecule is C[C@@H](COCCC(=O)N1CCC(Nc2ncc(C(F)(F)F)s2)C1)N=C1C=NNC(=O)C1C(F)(F)F. The van der Waals surface area contributed by atoms with Gasteiger partial charge in [-0.1, -0.05) is 11.3 Å². The Hall–Kier alpha value is -2.75. The topological polar surface area (TPSA) is 108 Å². The Morgan fingerprint density at radius 2 is 2.11 bits per heavy atom. The molecule has 9 nitrogen and oxygen atoms in total. The Morgan fingerprint density at radius 1 is 1.37 bits per heavy atom. The van der Waals surface area contributed by atoms with Crippen LogP contribution < -0.4 is 10.7 Å². The number of anilines is 1. The number of hydrogen-bond donors (Lipinski definition) is 2. The molecule has 194 valence electrons. The summed E-state index contributed by atoms with van der Waals surface area (Å²) >= 11 is 0.496. The molecule has 1 aromatic heterocycles. The molecule has 2 aliphatic heterocycles. The van der Waals surface area contributed by atoms with Crippen LogP contribution in [-0.4, -0.2) is 78.2 Å². The van der Waals surface area contributed by atoms with E-state index in [9.17, 15) is 35.9 Å². The molecule has 3 atom stereocenters. The van der Waals surface area contributed by atoms with Crippen LogP contribution in [0.3, 0.4) is 0 Å². The summed E-state index contributed by atoms with van der Waals surface area (Å²) in [5.74, 6) is -3.95. The molecule has 2 amide bonds. The number of hydrogen-bond acceptors (Lipinski definition) is 8. The van der Waals surface area contributed by atoms with Gasteiger partial charge in [0.2, 0.25) is 5.91 Å². The Labute approximate surface area is 199 Å². The fourth-order valence-electron chi connectivity index (χ4n) is 3.47. The Bertz CT molecular complexity index is 979. The highest BCUT2D eigenvalue weighted by molar-refractivity contribution is 7.15. The van der Waals surface area contributed by atoms with Crippen LogP contribution in [0.15, 0.2) is 16.3 Å². The van der Waals surface area contributed by atoms with Crippen LogP contribution in [0.4, 0.5) is 31.5 Å². The molecule has 1 aromatic rings. The fraction of sp³-hybridized carbons (Fsp3) is 0.632. The highest BCUT2D eigenvalue weighted by atomic mass is 32.1. The van der Waals surface area contributed by atoms with E-state index in [1.54, 1.807) is 10.3 Å². The van der Waals surface area contributed by atoms with E-state index in [1.165, 1.54) is 6.92 Å². The van der Waals surface area contributed by atoms with E-state index in [0.29, 0.717) is 30.8 Å². The average Bonchev–Trinajstić information content (AvgIpc) is 3.40. The van der Waals surface area contributed by atoms with Gasteiger partial charge in [-0.25, -0.2) is 10.4 Å². The molecular formula is C19H22F6N6O3S. The minimum absolute atomic E-state index is 0.00131. The number of amides is 2. The number of nitrogens with one attached hydrogen (secondary N) is 2. The molecular weight excluding hydrogens is 506 g/mol. The predicted octanol–water partition coefficient (Wildman–Crippen LogP) is 2.71. The Kier molecular flexibility index (Phi) is 8.35. The van der Waals surface area contributed by atoms with Crippen LogP contribution in [0.1, 0.15) is 24.6 Å². The summed E-state index contributed by atoms with van der Waals surface area (Å²) < 4.78 is 82.7. The first kappa shape index (κ1) is 26.8. The normalized spacial score (nSPS) is 23.0. The number of thiazole rings is 1. The largest absolute Gasteiger partial charge is 0.427 e. The summed E-state index contributed by atoms with van der Waals surface area (Å²) in [6.45, 7) is 2.14. The lowest BCUT2D eigenvalue weighted by Gasteiger charge is -2.22. The van der Waals surface area contributed by atoms with Gasteiger partial charge in [0.1, 0.15) is 4.88 Å². The lowest BCUT2D eigenvalue weighted by atomic mass is 10.0. The van der Waals surface area contributed by atoms with Crippen molar-refractivity contribution in [2.45, 2.75) is 44.2 Å². The van der Waals surface area contributed by atoms with Crippen LogP contribution in [0.25, 0.3) is 0 Å². The third-order valence-corrected chi connectivity index (χ3v) is 6.07. The Balaban J connectivity index is 1.40. The molecule has 0 saturated carbocycles. The van der Waals surface area contributed by atoms with Crippen molar-refractivity contribution >= 4 is 40.2 Å². The third kappa shape index (κ3) is 7.37. The van der Waals surface area contributed by atoms with E-state index < -0.39 is 40.8 Å². The van der Waals surface area contributed by atoms with Crippen molar-refractivity contribution in [3.8, 4) is 0 Å². The summed E-state index contributed by atoms with van der Waals surface area (Å²) in [7, 11) is 0. The van der Waals surface area contributed by atoms with Gasteiger partial charge in [-0.15, -0.1) is 0 Å². The van der Waals surface area contributed by atoms with Crippen molar-refractivity contribution < 1.29 is 40.7 Å². The van der Waals surface area contributed by atoms with Crippen molar-refractivity contribution in [1.82, 2.24) is 15.3 Å². The number of aliphatic imine (C=N–C) groups is 1. The molecule has 2 unspecified atom stereocenters. The smallest absolute Gasteiger partial charge is 0.379 e. The monoisotopic (exact) mass is 528 g/mol. The van der Waals surface area contributed by atoms with Gasteiger partial charge in [0.05, 0.1) is 43.8 Å². The number of aromatic nitrogens is 1. The van der Waals surface area contributed by atoms with Crippen molar-refractivity contribution in [2.75, 3.05) is 31.6 Å². The molecule has 3 heterocycles. The van der Waals surface area contributed by atoms with Gasteiger partial charge in [0.15, 0.2) is 11.0 Å². The number of rotatable bonds is 8. The zero-order chi connectivity index (χ0) is 25.8. The van der Waals surface area contributed by atoms with E-state index >= 15 is 0 Å². The summed E-state index contributed by atoms with van der Waals surface area (Å²) in [4.78, 5) is 32.2. The van der Waals surface area contributed by atoms with Crippen molar-refractivity contribution in [1.29, 1.82) is 0 Å². The lowest BCUT2D eigenvalue weighted by molar-refractivity contribution is -0.168. The highest BCUT2D eigenvalue weighted by Crippen LogP contribution is 2.35. The van der Waals surface area contributed by atoms with Gasteiger partial charge in [-0.3, -0.25) is 14.6 Å². The standard InChI is InChI=1S/C19H22F6N6O3S/c1-10(28-12-6-27-30-16(33)15(12)19(23,24)25)9-34-5-3-14(32)31-4-2-11(8-31)29-17-26-7-13(35-17)18(20,21)22/h6-7,10-11,15H,2-5,8-9H2,1H3,(H,26,29)(H,30,33)/t10-,11?,15?/m0/s1. The first-order valence-electron chi connectivity index (χ1n) is 10.5. The van der Waals surface area contributed by atoms with E-state index in [0.717, 1.165) is 12.4 Å². The van der Waals surface area contributed by atoms with Gasteiger partial charge in [0, 0.05) is 19.1 Å². The number of alkyl halides is 6. The molecule has 0 radical (unpaired) electrons. The first-order chi connectivity index (χ1) is 16.3. The van der Waals surface area contributed by atoms with Gasteiger partial charge < -0.3 is 15.0 Å². The van der Waals surface area contributed by atoms with E-state index in [2.05, 4.69) is 20.4 Å². The predicted molar refractivity (Wildman–Crippen MR) is 114 cm³/mol. The summed E-state index contributed by atoms with van der Waals surface area (Å²) in [5, 5.41) is 6.39. The minimum atomic E-state index is -4.81. The molecule has 0 aliphatic carbocycles. The molecule has 2 N–H and O–H groups in total. The van der Waals surface area contributed by atoms with Crippen molar-refractivity contribution in [3.05, 3.63) is 11.1 Å². The molecule has 35 heavy (non-hydrogen) atoms. The van der Waals surface area contributed by atoms with Gasteiger partial charge in [0.25, 0.3) is 5.91 Å². The van der Waals surface area contributed by atoms with Crippen LogP contribution in [0, 0.1) is 5.92 Å². The minimum Gasteiger partial charge on any atom is -0.379 e. The molecule has 16 heteroatoms. The van der Waals surface area contributed by atoms with Crippen LogP contribution in [0.2, 0.25) is 0 Å². The highest BCUT2D eigenvalue weighted by Gasteiger charge is 2.49. The molecule has 3 rings (SSSR count). The first-order valence-corrected chi connectivity index (χ1v) is 11.3. The number of carbonyl (C=O) groups is 2. The average molecular weight is 528 g/mol. The second-order valence-electron chi connectivity index (χ2n) is 7.93. The molecule has 2 aliphatic rings. The summed E-state index contributed by atoms with van der Waals surface area (Å²) in [6, 6.07) is -0.957. The second-order valence-corrected chi connectivity index (χ2v) is 8.96. The molecule has 1 fully saturated rings. The van der Waals surface area contributed by atoms with Crippen LogP contribution in [-0.2, 0) is 20.5 Å². The quantitative estimate of drug-likeness (QED) is 0.399. The van der Waals surface area contributed by atoms with E-state index in [4.69, 9.17) is 4.74 Å². The number of nitrogens with zero attached hydrogens (tertiary/aromatic N) is 4. The second kappa shape index (κ2) is 10.9. The summed E-state index contributed by atoms with van der Waals surface area (Å²) in [6.07, 6.45) is -7.12. The van der Waals surface area contributed by atoms with Crippen molar-refractivity contribution in [2.24, 2.45) is 16.0 Å². The molecule has 0 aromatic carbocycles. The molecule has 0 bridgehead atoms. The maximum absolute atomic E-state index is 13.1. The van der Waals surface area contributed by atoms with E-state index in [1.807, 2.05) is 0 Å². The third-order valence-electron chi connectivity index (χ3n) is 5.10. The maximum atomic E-state index is 13.1. The van der Waals surface area contributed by atoms with Gasteiger partial charge in [-0.05, 0) is 13.3 Å². The number of carbonyl (C=O) groups excluding carboxylic acids is 2. The molecule has 0 spiro atoms. The zero-order valence-corrected chi connectivity index (χ0v) is 19.1. The van der Waals surface area contributed by atoms with Gasteiger partial charge >= 0.3 is 12.4 Å². The number of likely N-dealkylation sites (tertiary alicyclic amines) is 1.